The van der Waals surface area contributed by atoms with Gasteiger partial charge in [-0.2, -0.15) is 0 Å². The lowest BCUT2D eigenvalue weighted by Crippen LogP contribution is -2.19. The molecule has 1 N–H and O–H groups in total. The molecule has 2 aromatic rings. The van der Waals surface area contributed by atoms with E-state index in [2.05, 4.69) is 24.1 Å². The Bertz CT molecular complexity index is 591. The standard InChI is InChI=1S/C16H21ClN2OS/c1-10(2)8-18-9-13-7-14(17)5-6-15(13)21-16-19-11(3)12(4)20-16/h5-7,10,18H,8-9H2,1-4H3. The topological polar surface area (TPSA) is 38.1 Å². The van der Waals surface area contributed by atoms with Crippen molar-refractivity contribution in [1.82, 2.24) is 10.3 Å². The molecule has 0 atom stereocenters. The SMILES string of the molecule is Cc1nc(Sc2ccc(Cl)cc2CNCC(C)C)oc1C. The molecule has 3 nitrogen and oxygen atoms in total. The van der Waals surface area contributed by atoms with Crippen molar-refractivity contribution in [3.8, 4) is 0 Å². The lowest BCUT2D eigenvalue weighted by molar-refractivity contribution is 0.431. The van der Waals surface area contributed by atoms with Crippen LogP contribution in [0.2, 0.25) is 5.02 Å². The van der Waals surface area contributed by atoms with Gasteiger partial charge < -0.3 is 9.73 Å². The predicted molar refractivity (Wildman–Crippen MR) is 88.1 cm³/mol. The van der Waals surface area contributed by atoms with Gasteiger partial charge in [0.25, 0.3) is 5.22 Å². The first-order chi connectivity index (χ1) is 9.95. The monoisotopic (exact) mass is 324 g/mol. The van der Waals surface area contributed by atoms with E-state index in [9.17, 15) is 0 Å². The predicted octanol–water partition coefficient (Wildman–Crippen LogP) is 4.84. The zero-order valence-corrected chi connectivity index (χ0v) is 14.4. The smallest absolute Gasteiger partial charge is 0.261 e. The summed E-state index contributed by atoms with van der Waals surface area (Å²) in [6.45, 7) is 10.0. The molecule has 0 radical (unpaired) electrons. The van der Waals surface area contributed by atoms with Crippen LogP contribution in [0, 0.1) is 19.8 Å². The average Bonchev–Trinajstić information content (AvgIpc) is 2.71. The summed E-state index contributed by atoms with van der Waals surface area (Å²) in [6.07, 6.45) is 0. The molecule has 0 saturated heterocycles. The number of oxazole rings is 1. The molecule has 114 valence electrons. The van der Waals surface area contributed by atoms with Crippen molar-refractivity contribution >= 4 is 23.4 Å². The summed E-state index contributed by atoms with van der Waals surface area (Å²) in [4.78, 5) is 5.54. The molecule has 0 unspecified atom stereocenters. The Hall–Kier alpha value is -0.970. The van der Waals surface area contributed by atoms with Crippen LogP contribution in [0.4, 0.5) is 0 Å². The average molecular weight is 325 g/mol. The third kappa shape index (κ3) is 4.77. The summed E-state index contributed by atoms with van der Waals surface area (Å²) in [5, 5.41) is 4.88. The zero-order valence-electron chi connectivity index (χ0n) is 12.9. The lowest BCUT2D eigenvalue weighted by atomic mass is 10.2. The minimum absolute atomic E-state index is 0.623. The van der Waals surface area contributed by atoms with E-state index in [1.807, 2.05) is 32.0 Å². The molecule has 1 aromatic carbocycles. The van der Waals surface area contributed by atoms with Gasteiger partial charge in [0.15, 0.2) is 0 Å². The van der Waals surface area contributed by atoms with Crippen LogP contribution in [0.15, 0.2) is 32.7 Å². The van der Waals surface area contributed by atoms with Gasteiger partial charge in [-0.05, 0) is 61.8 Å². The summed E-state index contributed by atoms with van der Waals surface area (Å²) in [5.74, 6) is 1.49. The normalized spacial score (nSPS) is 11.3. The molecule has 2 rings (SSSR count). The first-order valence-electron chi connectivity index (χ1n) is 7.06. The van der Waals surface area contributed by atoms with Crippen molar-refractivity contribution in [3.05, 3.63) is 40.2 Å². The van der Waals surface area contributed by atoms with Crippen LogP contribution in [0.1, 0.15) is 30.9 Å². The molecule has 5 heteroatoms. The first-order valence-corrected chi connectivity index (χ1v) is 8.26. The van der Waals surface area contributed by atoms with Crippen molar-refractivity contribution in [2.75, 3.05) is 6.54 Å². The molecule has 0 aliphatic carbocycles. The van der Waals surface area contributed by atoms with Crippen LogP contribution in [-0.2, 0) is 6.54 Å². The van der Waals surface area contributed by atoms with E-state index < -0.39 is 0 Å². The summed E-state index contributed by atoms with van der Waals surface area (Å²) in [6, 6.07) is 5.92. The number of benzene rings is 1. The zero-order chi connectivity index (χ0) is 15.4. The molecule has 0 spiro atoms. The fourth-order valence-electron chi connectivity index (χ4n) is 1.86. The summed E-state index contributed by atoms with van der Waals surface area (Å²) in [7, 11) is 0. The van der Waals surface area contributed by atoms with Gasteiger partial charge in [0.2, 0.25) is 0 Å². The van der Waals surface area contributed by atoms with E-state index in [-0.39, 0.29) is 0 Å². The highest BCUT2D eigenvalue weighted by atomic mass is 35.5. The van der Waals surface area contributed by atoms with Crippen molar-refractivity contribution in [2.45, 2.75) is 44.4 Å². The molecular formula is C16H21ClN2OS. The fourth-order valence-corrected chi connectivity index (χ4v) is 2.99. The number of nitrogens with zero attached hydrogens (tertiary/aromatic N) is 1. The maximum Gasteiger partial charge on any atom is 0.261 e. The number of aryl methyl sites for hydroxylation is 2. The van der Waals surface area contributed by atoms with E-state index in [1.54, 1.807) is 11.8 Å². The van der Waals surface area contributed by atoms with Gasteiger partial charge in [-0.15, -0.1) is 0 Å². The lowest BCUT2D eigenvalue weighted by Gasteiger charge is -2.11. The molecule has 0 aliphatic heterocycles. The second-order valence-electron chi connectivity index (χ2n) is 5.50. The fraction of sp³-hybridized carbons (Fsp3) is 0.438. The second-order valence-corrected chi connectivity index (χ2v) is 6.93. The number of halogens is 1. The van der Waals surface area contributed by atoms with Gasteiger partial charge in [-0.25, -0.2) is 4.98 Å². The molecule has 0 bridgehead atoms. The van der Waals surface area contributed by atoms with Crippen LogP contribution in [-0.4, -0.2) is 11.5 Å². The number of nitrogens with one attached hydrogen (secondary N) is 1. The second kappa shape index (κ2) is 7.34. The maximum atomic E-state index is 6.11. The number of aromatic nitrogens is 1. The van der Waals surface area contributed by atoms with Gasteiger partial charge in [0.05, 0.1) is 5.69 Å². The van der Waals surface area contributed by atoms with Gasteiger partial charge in [0.1, 0.15) is 5.76 Å². The molecule has 1 heterocycles. The first kappa shape index (κ1) is 16.4. The van der Waals surface area contributed by atoms with E-state index in [0.717, 1.165) is 34.5 Å². The van der Waals surface area contributed by atoms with Gasteiger partial charge >= 0.3 is 0 Å². The minimum atomic E-state index is 0.623. The van der Waals surface area contributed by atoms with Crippen molar-refractivity contribution in [1.29, 1.82) is 0 Å². The van der Waals surface area contributed by atoms with Crippen LogP contribution in [0.3, 0.4) is 0 Å². The van der Waals surface area contributed by atoms with E-state index >= 15 is 0 Å². The Morgan fingerprint density at radius 2 is 2.10 bits per heavy atom. The Morgan fingerprint density at radius 1 is 1.33 bits per heavy atom. The third-order valence-electron chi connectivity index (χ3n) is 3.10. The minimum Gasteiger partial charge on any atom is -0.436 e. The quantitative estimate of drug-likeness (QED) is 0.825. The number of rotatable bonds is 6. The maximum absolute atomic E-state index is 6.11. The Labute approximate surface area is 135 Å². The number of hydrogen-bond acceptors (Lipinski definition) is 4. The largest absolute Gasteiger partial charge is 0.436 e. The van der Waals surface area contributed by atoms with Gasteiger partial charge in [0, 0.05) is 16.5 Å². The molecule has 0 saturated carbocycles. The molecule has 0 fully saturated rings. The van der Waals surface area contributed by atoms with E-state index in [1.165, 1.54) is 5.56 Å². The summed E-state index contributed by atoms with van der Waals surface area (Å²) in [5.41, 5.74) is 2.10. The molecule has 0 aliphatic rings. The van der Waals surface area contributed by atoms with Crippen LogP contribution in [0.25, 0.3) is 0 Å². The summed E-state index contributed by atoms with van der Waals surface area (Å²) < 4.78 is 5.64. The Kier molecular flexibility index (Phi) is 5.73. The van der Waals surface area contributed by atoms with E-state index in [0.29, 0.717) is 11.1 Å². The van der Waals surface area contributed by atoms with E-state index in [4.69, 9.17) is 16.0 Å². The third-order valence-corrected chi connectivity index (χ3v) is 4.30. The van der Waals surface area contributed by atoms with Gasteiger partial charge in [-0.1, -0.05) is 25.4 Å². The Balaban J connectivity index is 2.14. The van der Waals surface area contributed by atoms with Crippen molar-refractivity contribution < 1.29 is 4.42 Å². The van der Waals surface area contributed by atoms with Crippen LogP contribution >= 0.6 is 23.4 Å². The van der Waals surface area contributed by atoms with Crippen LogP contribution in [0.5, 0.6) is 0 Å². The number of hydrogen-bond donors (Lipinski definition) is 1. The highest BCUT2D eigenvalue weighted by Gasteiger charge is 2.11. The Morgan fingerprint density at radius 3 is 2.71 bits per heavy atom. The highest BCUT2D eigenvalue weighted by Crippen LogP contribution is 2.32. The summed E-state index contributed by atoms with van der Waals surface area (Å²) >= 11 is 7.65. The highest BCUT2D eigenvalue weighted by molar-refractivity contribution is 7.99. The van der Waals surface area contributed by atoms with Crippen molar-refractivity contribution in [3.63, 3.8) is 0 Å². The van der Waals surface area contributed by atoms with Crippen LogP contribution < -0.4 is 5.32 Å². The molecule has 0 amide bonds. The van der Waals surface area contributed by atoms with Gasteiger partial charge in [-0.3, -0.25) is 0 Å². The molecular weight excluding hydrogens is 304 g/mol. The van der Waals surface area contributed by atoms with Crippen molar-refractivity contribution in [2.24, 2.45) is 5.92 Å². The molecule has 1 aromatic heterocycles. The molecule has 21 heavy (non-hydrogen) atoms.